The largest absolute Gasteiger partial charge is 0.344 e. The normalized spacial score (nSPS) is 10.7. The first kappa shape index (κ1) is 12.6. The van der Waals surface area contributed by atoms with E-state index in [4.69, 9.17) is 0 Å². The molecule has 17 heavy (non-hydrogen) atoms. The van der Waals surface area contributed by atoms with Crippen LogP contribution in [0.3, 0.4) is 0 Å². The van der Waals surface area contributed by atoms with Crippen molar-refractivity contribution < 1.29 is 4.79 Å². The number of carbonyl (C=O) groups is 1. The van der Waals surface area contributed by atoms with Crippen molar-refractivity contribution in [2.75, 3.05) is 5.33 Å². The molecule has 2 aromatic heterocycles. The van der Waals surface area contributed by atoms with Crippen LogP contribution in [0.4, 0.5) is 0 Å². The Hall–Kier alpha value is -0.870. The Morgan fingerprint density at radius 3 is 3.00 bits per heavy atom. The van der Waals surface area contributed by atoms with E-state index in [9.17, 15) is 4.79 Å². The van der Waals surface area contributed by atoms with Crippen LogP contribution < -0.4 is 0 Å². The summed E-state index contributed by atoms with van der Waals surface area (Å²) in [5.74, 6) is 0.141. The van der Waals surface area contributed by atoms with Crippen molar-refractivity contribution in [1.82, 2.24) is 4.57 Å². The summed E-state index contributed by atoms with van der Waals surface area (Å²) in [6.07, 6.45) is 2.86. The van der Waals surface area contributed by atoms with Gasteiger partial charge in [-0.15, -0.1) is 11.3 Å². The fourth-order valence-corrected chi connectivity index (χ4v) is 3.16. The van der Waals surface area contributed by atoms with Crippen molar-refractivity contribution in [2.24, 2.45) is 0 Å². The molecule has 4 heteroatoms. The van der Waals surface area contributed by atoms with Gasteiger partial charge in [0.05, 0.1) is 10.6 Å². The van der Waals surface area contributed by atoms with E-state index in [0.29, 0.717) is 0 Å². The average molecular weight is 312 g/mol. The average Bonchev–Trinajstić information content (AvgIpc) is 2.96. The topological polar surface area (TPSA) is 22.0 Å². The van der Waals surface area contributed by atoms with Crippen molar-refractivity contribution in [3.8, 4) is 0 Å². The molecule has 0 saturated heterocycles. The quantitative estimate of drug-likeness (QED) is 0.609. The van der Waals surface area contributed by atoms with Crippen LogP contribution in [0.2, 0.25) is 0 Å². The number of aryl methyl sites for hydroxylation is 2. The van der Waals surface area contributed by atoms with Crippen LogP contribution in [-0.2, 0) is 13.0 Å². The highest BCUT2D eigenvalue weighted by atomic mass is 79.9. The van der Waals surface area contributed by atoms with Crippen LogP contribution in [0.25, 0.3) is 0 Å². The lowest BCUT2D eigenvalue weighted by Crippen LogP contribution is -2.10. The van der Waals surface area contributed by atoms with E-state index < -0.39 is 0 Å². The van der Waals surface area contributed by atoms with E-state index in [1.54, 1.807) is 0 Å². The lowest BCUT2D eigenvalue weighted by molar-refractivity contribution is 0.103. The summed E-state index contributed by atoms with van der Waals surface area (Å²) in [4.78, 5) is 13.3. The number of halogens is 1. The fourth-order valence-electron chi connectivity index (χ4n) is 1.84. The van der Waals surface area contributed by atoms with Crippen molar-refractivity contribution >= 4 is 33.0 Å². The molecule has 0 aliphatic heterocycles. The summed E-state index contributed by atoms with van der Waals surface area (Å²) < 4.78 is 2.00. The number of ketones is 1. The lowest BCUT2D eigenvalue weighted by atomic mass is 10.1. The van der Waals surface area contributed by atoms with Crippen molar-refractivity contribution in [3.05, 3.63) is 45.9 Å². The summed E-state index contributed by atoms with van der Waals surface area (Å²) in [7, 11) is 0. The third kappa shape index (κ3) is 2.53. The number of aromatic nitrogens is 1. The Bertz CT molecular complexity index is 515. The predicted molar refractivity (Wildman–Crippen MR) is 75.4 cm³/mol. The van der Waals surface area contributed by atoms with Gasteiger partial charge in [0.15, 0.2) is 0 Å². The molecule has 0 saturated carbocycles. The monoisotopic (exact) mass is 311 g/mol. The Morgan fingerprint density at radius 2 is 2.29 bits per heavy atom. The molecule has 0 bridgehead atoms. The Kier molecular flexibility index (Phi) is 4.18. The van der Waals surface area contributed by atoms with E-state index in [1.807, 2.05) is 34.3 Å². The molecule has 0 fully saturated rings. The zero-order chi connectivity index (χ0) is 12.3. The molecular weight excluding hydrogens is 298 g/mol. The summed E-state index contributed by atoms with van der Waals surface area (Å²) >= 11 is 4.93. The minimum absolute atomic E-state index is 0.141. The summed E-state index contributed by atoms with van der Waals surface area (Å²) in [5.41, 5.74) is 1.92. The number of hydrogen-bond donors (Lipinski definition) is 0. The summed E-state index contributed by atoms with van der Waals surface area (Å²) in [5, 5.41) is 2.84. The second kappa shape index (κ2) is 5.65. The van der Waals surface area contributed by atoms with Gasteiger partial charge in [-0.25, -0.2) is 0 Å². The standard InChI is InChI=1S/C13H14BrNOS/c1-2-10-5-9-17-13(10)12(16)11-4-3-7-15(11)8-6-14/h3-5,7,9H,2,6,8H2,1H3. The molecule has 90 valence electrons. The molecule has 0 amide bonds. The zero-order valence-electron chi connectivity index (χ0n) is 9.65. The molecule has 0 unspecified atom stereocenters. The first-order chi connectivity index (χ1) is 8.27. The van der Waals surface area contributed by atoms with Crippen LogP contribution in [0.15, 0.2) is 29.8 Å². The highest BCUT2D eigenvalue weighted by molar-refractivity contribution is 9.09. The number of rotatable bonds is 5. The minimum atomic E-state index is 0.141. The van der Waals surface area contributed by atoms with E-state index in [-0.39, 0.29) is 5.78 Å². The number of nitrogens with zero attached hydrogens (tertiary/aromatic N) is 1. The van der Waals surface area contributed by atoms with Gasteiger partial charge in [-0.3, -0.25) is 4.79 Å². The van der Waals surface area contributed by atoms with Crippen LogP contribution in [0.5, 0.6) is 0 Å². The van der Waals surface area contributed by atoms with Gasteiger partial charge in [-0.1, -0.05) is 22.9 Å². The van der Waals surface area contributed by atoms with Crippen LogP contribution in [0, 0.1) is 0 Å². The maximum Gasteiger partial charge on any atom is 0.219 e. The van der Waals surface area contributed by atoms with Crippen molar-refractivity contribution in [2.45, 2.75) is 19.9 Å². The molecule has 0 aliphatic rings. The van der Waals surface area contributed by atoms with E-state index in [1.165, 1.54) is 11.3 Å². The van der Waals surface area contributed by atoms with E-state index >= 15 is 0 Å². The number of hydrogen-bond acceptors (Lipinski definition) is 2. The van der Waals surface area contributed by atoms with Gasteiger partial charge < -0.3 is 4.57 Å². The smallest absolute Gasteiger partial charge is 0.219 e. The second-order valence-electron chi connectivity index (χ2n) is 3.73. The lowest BCUT2D eigenvalue weighted by Gasteiger charge is -2.06. The Morgan fingerprint density at radius 1 is 1.47 bits per heavy atom. The molecule has 0 N–H and O–H groups in total. The number of thiophene rings is 1. The maximum atomic E-state index is 12.4. The van der Waals surface area contributed by atoms with Gasteiger partial charge in [-0.05, 0) is 35.6 Å². The molecule has 0 aliphatic carbocycles. The molecular formula is C13H14BrNOS. The molecule has 0 spiro atoms. The Labute approximate surface area is 113 Å². The van der Waals surface area contributed by atoms with Gasteiger partial charge in [0, 0.05) is 18.1 Å². The van der Waals surface area contributed by atoms with Crippen LogP contribution in [0.1, 0.15) is 27.9 Å². The molecule has 2 rings (SSSR count). The van der Waals surface area contributed by atoms with Gasteiger partial charge in [0.2, 0.25) is 5.78 Å². The second-order valence-corrected chi connectivity index (χ2v) is 5.44. The third-order valence-electron chi connectivity index (χ3n) is 2.72. The zero-order valence-corrected chi connectivity index (χ0v) is 12.1. The molecule has 0 aromatic carbocycles. The predicted octanol–water partition coefficient (Wildman–Crippen LogP) is 3.74. The third-order valence-corrected chi connectivity index (χ3v) is 4.03. The Balaban J connectivity index is 2.34. The van der Waals surface area contributed by atoms with Crippen molar-refractivity contribution in [3.63, 3.8) is 0 Å². The molecule has 2 heterocycles. The molecule has 2 aromatic rings. The molecule has 0 atom stereocenters. The number of alkyl halides is 1. The molecule has 2 nitrogen and oxygen atoms in total. The summed E-state index contributed by atoms with van der Waals surface area (Å²) in [6, 6.07) is 5.86. The summed E-state index contributed by atoms with van der Waals surface area (Å²) in [6.45, 7) is 2.90. The van der Waals surface area contributed by atoms with E-state index in [0.717, 1.165) is 34.4 Å². The van der Waals surface area contributed by atoms with Crippen LogP contribution in [-0.4, -0.2) is 15.7 Å². The molecule has 0 radical (unpaired) electrons. The van der Waals surface area contributed by atoms with Gasteiger partial charge in [0.25, 0.3) is 0 Å². The highest BCUT2D eigenvalue weighted by Crippen LogP contribution is 2.21. The van der Waals surface area contributed by atoms with Crippen LogP contribution >= 0.6 is 27.3 Å². The highest BCUT2D eigenvalue weighted by Gasteiger charge is 2.17. The van der Waals surface area contributed by atoms with Crippen molar-refractivity contribution in [1.29, 1.82) is 0 Å². The van der Waals surface area contributed by atoms with Gasteiger partial charge >= 0.3 is 0 Å². The minimum Gasteiger partial charge on any atom is -0.344 e. The first-order valence-electron chi connectivity index (χ1n) is 5.60. The van der Waals surface area contributed by atoms with Gasteiger partial charge in [0.1, 0.15) is 0 Å². The SMILES string of the molecule is CCc1ccsc1C(=O)c1cccn1CCBr. The van der Waals surface area contributed by atoms with Gasteiger partial charge in [-0.2, -0.15) is 0 Å². The van der Waals surface area contributed by atoms with E-state index in [2.05, 4.69) is 22.9 Å². The number of carbonyl (C=O) groups excluding carboxylic acids is 1. The maximum absolute atomic E-state index is 12.4. The first-order valence-corrected chi connectivity index (χ1v) is 7.60. The fraction of sp³-hybridized carbons (Fsp3) is 0.308.